The van der Waals surface area contributed by atoms with Gasteiger partial charge in [-0.3, -0.25) is 0 Å². The SMILES string of the molecule is CC(C)[C@@H](Cn1cc(C#N)c2ccccc21)NS(=O)(=O)c1c(N)cc(Cl)cc1Cl. The summed E-state index contributed by atoms with van der Waals surface area (Å²) in [5.74, 6) is -0.0382. The molecule has 0 saturated carbocycles. The number of rotatable bonds is 6. The van der Waals surface area contributed by atoms with E-state index < -0.39 is 16.1 Å². The third-order valence-corrected chi connectivity index (χ3v) is 6.95. The molecule has 9 heteroatoms. The number of fused-ring (bicyclic) bond motifs is 1. The molecule has 0 saturated heterocycles. The first-order chi connectivity index (χ1) is 13.6. The van der Waals surface area contributed by atoms with Crippen LogP contribution in [0.15, 0.2) is 47.5 Å². The lowest BCUT2D eigenvalue weighted by atomic mass is 10.1. The molecule has 3 aromatic rings. The van der Waals surface area contributed by atoms with Crippen LogP contribution in [0.2, 0.25) is 10.0 Å². The van der Waals surface area contributed by atoms with Crippen LogP contribution in [-0.4, -0.2) is 19.0 Å². The molecule has 0 bridgehead atoms. The number of aromatic nitrogens is 1. The average Bonchev–Trinajstić information content (AvgIpc) is 2.97. The minimum absolute atomic E-state index is 0.0179. The van der Waals surface area contributed by atoms with E-state index in [-0.39, 0.29) is 26.5 Å². The molecule has 0 radical (unpaired) electrons. The highest BCUT2D eigenvalue weighted by Crippen LogP contribution is 2.31. The van der Waals surface area contributed by atoms with Gasteiger partial charge in [-0.1, -0.05) is 55.2 Å². The fourth-order valence-corrected chi connectivity index (χ4v) is 5.57. The Labute approximate surface area is 179 Å². The summed E-state index contributed by atoms with van der Waals surface area (Å²) >= 11 is 12.0. The maximum Gasteiger partial charge on any atom is 0.244 e. The predicted molar refractivity (Wildman–Crippen MR) is 116 cm³/mol. The number of nitrogens with one attached hydrogen (secondary N) is 1. The lowest BCUT2D eigenvalue weighted by Gasteiger charge is -2.24. The smallest absolute Gasteiger partial charge is 0.244 e. The van der Waals surface area contributed by atoms with E-state index in [0.29, 0.717) is 12.1 Å². The van der Waals surface area contributed by atoms with Gasteiger partial charge in [0, 0.05) is 34.7 Å². The van der Waals surface area contributed by atoms with E-state index in [4.69, 9.17) is 28.9 Å². The Kier molecular flexibility index (Phi) is 6.11. The molecule has 3 rings (SSSR count). The molecule has 3 N–H and O–H groups in total. The first kappa shape index (κ1) is 21.5. The highest BCUT2D eigenvalue weighted by atomic mass is 35.5. The van der Waals surface area contributed by atoms with Crippen molar-refractivity contribution in [2.24, 2.45) is 5.92 Å². The standard InChI is InChI=1S/C20H20Cl2N4O2S/c1-12(2)18(11-26-10-13(9-23)15-5-3-4-6-19(15)26)25-29(27,28)20-16(22)7-14(21)8-17(20)24/h3-8,10,12,18,25H,11,24H2,1-2H3/t18-/m1/s1. The van der Waals surface area contributed by atoms with Gasteiger partial charge in [-0.25, -0.2) is 13.1 Å². The first-order valence-electron chi connectivity index (χ1n) is 8.89. The molecule has 2 aromatic carbocycles. The summed E-state index contributed by atoms with van der Waals surface area (Å²) in [4.78, 5) is -0.190. The van der Waals surface area contributed by atoms with Crippen LogP contribution in [0.5, 0.6) is 0 Å². The minimum Gasteiger partial charge on any atom is -0.398 e. The van der Waals surface area contributed by atoms with Crippen LogP contribution in [0.4, 0.5) is 5.69 Å². The van der Waals surface area contributed by atoms with Gasteiger partial charge in [-0.2, -0.15) is 5.26 Å². The quantitative estimate of drug-likeness (QED) is 0.543. The molecule has 1 heterocycles. The lowest BCUT2D eigenvalue weighted by molar-refractivity contribution is 0.403. The van der Waals surface area contributed by atoms with Gasteiger partial charge in [-0.05, 0) is 24.1 Å². The Morgan fingerprint density at radius 3 is 2.55 bits per heavy atom. The molecule has 6 nitrogen and oxygen atoms in total. The van der Waals surface area contributed by atoms with Crippen molar-refractivity contribution >= 4 is 49.8 Å². The zero-order valence-corrected chi connectivity index (χ0v) is 18.2. The number of anilines is 1. The second-order valence-electron chi connectivity index (χ2n) is 7.10. The summed E-state index contributed by atoms with van der Waals surface area (Å²) in [6.07, 6.45) is 1.73. The molecule has 0 amide bonds. The van der Waals surface area contributed by atoms with Gasteiger partial charge in [0.25, 0.3) is 0 Å². The second kappa shape index (κ2) is 8.25. The monoisotopic (exact) mass is 450 g/mol. The normalized spacial score (nSPS) is 13.0. The summed E-state index contributed by atoms with van der Waals surface area (Å²) in [7, 11) is -4.00. The van der Waals surface area contributed by atoms with Crippen molar-refractivity contribution < 1.29 is 8.42 Å². The summed E-state index contributed by atoms with van der Waals surface area (Å²) in [6, 6.07) is 11.9. The van der Waals surface area contributed by atoms with Crippen LogP contribution in [0, 0.1) is 17.2 Å². The van der Waals surface area contributed by atoms with Crippen molar-refractivity contribution in [3.63, 3.8) is 0 Å². The highest BCUT2D eigenvalue weighted by Gasteiger charge is 2.27. The van der Waals surface area contributed by atoms with Gasteiger partial charge in [0.15, 0.2) is 0 Å². The van der Waals surface area contributed by atoms with Crippen LogP contribution < -0.4 is 10.5 Å². The third-order valence-electron chi connectivity index (χ3n) is 4.72. The van der Waals surface area contributed by atoms with Gasteiger partial charge in [-0.15, -0.1) is 0 Å². The van der Waals surface area contributed by atoms with Gasteiger partial charge in [0.1, 0.15) is 11.0 Å². The predicted octanol–water partition coefficient (Wildman–Crippen LogP) is 4.41. The van der Waals surface area contributed by atoms with E-state index in [0.717, 1.165) is 10.9 Å². The van der Waals surface area contributed by atoms with Crippen molar-refractivity contribution in [3.8, 4) is 6.07 Å². The zero-order valence-electron chi connectivity index (χ0n) is 15.9. The van der Waals surface area contributed by atoms with Crippen LogP contribution in [0.1, 0.15) is 19.4 Å². The Hall–Kier alpha value is -2.24. The molecule has 0 aliphatic rings. The topological polar surface area (TPSA) is 101 Å². The van der Waals surface area contributed by atoms with Crippen molar-refractivity contribution in [1.82, 2.24) is 9.29 Å². The number of nitrogens with two attached hydrogens (primary N) is 1. The number of hydrogen-bond donors (Lipinski definition) is 2. The molecular weight excluding hydrogens is 431 g/mol. The van der Waals surface area contributed by atoms with E-state index in [9.17, 15) is 13.7 Å². The molecule has 0 aliphatic carbocycles. The number of sulfonamides is 1. The number of para-hydroxylation sites is 1. The summed E-state index contributed by atoms with van der Waals surface area (Å²) in [6.45, 7) is 4.16. The fraction of sp³-hybridized carbons (Fsp3) is 0.250. The van der Waals surface area contributed by atoms with Crippen LogP contribution in [0.3, 0.4) is 0 Å². The summed E-state index contributed by atoms with van der Waals surface area (Å²) in [5.41, 5.74) is 7.26. The molecule has 0 unspecified atom stereocenters. The van der Waals surface area contributed by atoms with E-state index in [2.05, 4.69) is 10.8 Å². The van der Waals surface area contributed by atoms with E-state index >= 15 is 0 Å². The third kappa shape index (κ3) is 4.36. The maximum absolute atomic E-state index is 13.0. The fourth-order valence-electron chi connectivity index (χ4n) is 3.20. The van der Waals surface area contributed by atoms with Gasteiger partial charge in [0.05, 0.1) is 16.3 Å². The summed E-state index contributed by atoms with van der Waals surface area (Å²) in [5, 5.41) is 10.4. The molecule has 29 heavy (non-hydrogen) atoms. The van der Waals surface area contributed by atoms with Crippen molar-refractivity contribution in [2.45, 2.75) is 31.3 Å². The Morgan fingerprint density at radius 1 is 1.24 bits per heavy atom. The van der Waals surface area contributed by atoms with Gasteiger partial charge < -0.3 is 10.3 Å². The highest BCUT2D eigenvalue weighted by molar-refractivity contribution is 7.89. The number of nitrogens with zero attached hydrogens (tertiary/aromatic N) is 2. The maximum atomic E-state index is 13.0. The Bertz CT molecular complexity index is 1190. The van der Waals surface area contributed by atoms with Crippen LogP contribution >= 0.6 is 23.2 Å². The lowest BCUT2D eigenvalue weighted by Crippen LogP contribution is -2.41. The Morgan fingerprint density at radius 2 is 1.93 bits per heavy atom. The molecule has 0 aliphatic heterocycles. The van der Waals surface area contributed by atoms with Crippen molar-refractivity contribution in [1.29, 1.82) is 5.26 Å². The second-order valence-corrected chi connectivity index (χ2v) is 9.60. The summed E-state index contributed by atoms with van der Waals surface area (Å²) < 4.78 is 30.7. The number of halogens is 2. The van der Waals surface area contributed by atoms with E-state index in [1.54, 1.807) is 6.20 Å². The molecule has 1 atom stereocenters. The number of nitriles is 1. The van der Waals surface area contributed by atoms with E-state index in [1.807, 2.05) is 42.7 Å². The molecule has 0 spiro atoms. The Balaban J connectivity index is 1.98. The van der Waals surface area contributed by atoms with Gasteiger partial charge in [0.2, 0.25) is 10.0 Å². The number of hydrogen-bond acceptors (Lipinski definition) is 4. The molecular formula is C20H20Cl2N4O2S. The first-order valence-corrected chi connectivity index (χ1v) is 11.1. The molecule has 152 valence electrons. The zero-order chi connectivity index (χ0) is 21.3. The van der Waals surface area contributed by atoms with E-state index in [1.165, 1.54) is 12.1 Å². The van der Waals surface area contributed by atoms with Crippen LogP contribution in [-0.2, 0) is 16.6 Å². The van der Waals surface area contributed by atoms with Crippen molar-refractivity contribution in [3.05, 3.63) is 58.2 Å². The van der Waals surface area contributed by atoms with Gasteiger partial charge >= 0.3 is 0 Å². The molecule has 0 fully saturated rings. The largest absolute Gasteiger partial charge is 0.398 e. The molecule has 1 aromatic heterocycles. The minimum atomic E-state index is -4.00. The number of nitrogen functional groups attached to an aromatic ring is 1. The van der Waals surface area contributed by atoms with Crippen molar-refractivity contribution in [2.75, 3.05) is 5.73 Å². The van der Waals surface area contributed by atoms with Crippen LogP contribution in [0.25, 0.3) is 10.9 Å². The number of benzene rings is 2. The average molecular weight is 451 g/mol.